The molecule has 0 aliphatic rings. The Morgan fingerprint density at radius 1 is 1.15 bits per heavy atom. The summed E-state index contributed by atoms with van der Waals surface area (Å²) in [5.74, 6) is -0.972. The van der Waals surface area contributed by atoms with E-state index < -0.39 is 21.9 Å². The zero-order valence-electron chi connectivity index (χ0n) is 15.2. The van der Waals surface area contributed by atoms with E-state index >= 15 is 0 Å². The normalized spacial score (nSPS) is 11.1. The van der Waals surface area contributed by atoms with Crippen LogP contribution in [0, 0.1) is 20.8 Å². The molecule has 2 rings (SSSR count). The zero-order chi connectivity index (χ0) is 19.6. The third-order valence-electron chi connectivity index (χ3n) is 3.84. The van der Waals surface area contributed by atoms with E-state index in [1.165, 1.54) is 13.2 Å². The quantitative estimate of drug-likeness (QED) is 0.689. The van der Waals surface area contributed by atoms with Crippen molar-refractivity contribution in [2.45, 2.75) is 20.8 Å². The van der Waals surface area contributed by atoms with E-state index in [0.717, 1.165) is 6.26 Å². The Morgan fingerprint density at radius 2 is 1.81 bits per heavy atom. The maximum atomic E-state index is 12.6. The smallest absolute Gasteiger partial charge is 0.339 e. The first-order valence-electron chi connectivity index (χ1n) is 7.70. The number of carbonyl (C=O) groups excluding carboxylic acids is 2. The molecule has 0 unspecified atom stereocenters. The van der Waals surface area contributed by atoms with Crippen LogP contribution in [0.3, 0.4) is 0 Å². The molecule has 0 bridgehead atoms. The molecule has 1 aromatic heterocycles. The molecule has 0 aliphatic heterocycles. The Balaban J connectivity index is 2.31. The van der Waals surface area contributed by atoms with Crippen molar-refractivity contribution < 1.29 is 22.7 Å². The lowest BCUT2D eigenvalue weighted by Gasteiger charge is -2.11. The van der Waals surface area contributed by atoms with Crippen LogP contribution in [-0.2, 0) is 14.8 Å². The lowest BCUT2D eigenvalue weighted by molar-refractivity contribution is 0.0599. The van der Waals surface area contributed by atoms with E-state index in [0.29, 0.717) is 33.8 Å². The summed E-state index contributed by atoms with van der Waals surface area (Å²) in [6, 6.07) is 4.88. The van der Waals surface area contributed by atoms with Gasteiger partial charge in [-0.2, -0.15) is 0 Å². The third-order valence-corrected chi connectivity index (χ3v) is 4.44. The van der Waals surface area contributed by atoms with Gasteiger partial charge < -0.3 is 15.0 Å². The molecule has 140 valence electrons. The summed E-state index contributed by atoms with van der Waals surface area (Å²) in [5, 5.41) is 2.69. The predicted molar refractivity (Wildman–Crippen MR) is 99.2 cm³/mol. The second-order valence-corrected chi connectivity index (χ2v) is 7.72. The number of aromatic amines is 1. The molecule has 0 saturated heterocycles. The molecule has 1 aromatic carbocycles. The Kier molecular flexibility index (Phi) is 5.41. The maximum Gasteiger partial charge on any atom is 0.339 e. The third kappa shape index (κ3) is 4.23. The second-order valence-electron chi connectivity index (χ2n) is 5.97. The maximum absolute atomic E-state index is 12.6. The fourth-order valence-corrected chi connectivity index (χ4v) is 3.21. The van der Waals surface area contributed by atoms with Gasteiger partial charge in [-0.25, -0.2) is 13.2 Å². The topological polar surface area (TPSA) is 117 Å². The van der Waals surface area contributed by atoms with Gasteiger partial charge in [0.2, 0.25) is 10.0 Å². The lowest BCUT2D eigenvalue weighted by atomic mass is 10.1. The zero-order valence-corrected chi connectivity index (χ0v) is 16.0. The Hall–Kier alpha value is -2.81. The predicted octanol–water partition coefficient (Wildman–Crippen LogP) is 2.35. The standard InChI is InChI=1S/C17H21N3O5S/c1-9-6-7-12(8-13(9)20-26(5,23)24)19-16(21)15-10(2)14(11(3)18-15)17(22)25-4/h6-8,18,20H,1-5H3,(H,19,21). The van der Waals surface area contributed by atoms with E-state index in [9.17, 15) is 18.0 Å². The number of aryl methyl sites for hydroxylation is 2. The van der Waals surface area contributed by atoms with Crippen molar-refractivity contribution in [3.63, 3.8) is 0 Å². The highest BCUT2D eigenvalue weighted by Gasteiger charge is 2.22. The minimum atomic E-state index is -3.44. The monoisotopic (exact) mass is 379 g/mol. The summed E-state index contributed by atoms with van der Waals surface area (Å²) < 4.78 is 30.0. The van der Waals surface area contributed by atoms with Crippen molar-refractivity contribution in [2.75, 3.05) is 23.4 Å². The van der Waals surface area contributed by atoms with Crippen LogP contribution in [0.15, 0.2) is 18.2 Å². The van der Waals surface area contributed by atoms with Gasteiger partial charge in [0, 0.05) is 11.4 Å². The summed E-state index contributed by atoms with van der Waals surface area (Å²) in [6.07, 6.45) is 1.05. The summed E-state index contributed by atoms with van der Waals surface area (Å²) in [7, 11) is -2.16. The number of amides is 1. The van der Waals surface area contributed by atoms with Gasteiger partial charge in [0.25, 0.3) is 5.91 Å². The highest BCUT2D eigenvalue weighted by molar-refractivity contribution is 7.92. The van der Waals surface area contributed by atoms with Crippen molar-refractivity contribution in [1.82, 2.24) is 4.98 Å². The van der Waals surface area contributed by atoms with Crippen LogP contribution in [0.2, 0.25) is 0 Å². The SMILES string of the molecule is COC(=O)c1c(C)[nH]c(C(=O)Nc2ccc(C)c(NS(C)(=O)=O)c2)c1C. The van der Waals surface area contributed by atoms with Crippen LogP contribution in [0.5, 0.6) is 0 Å². The number of carbonyl (C=O) groups is 2. The van der Waals surface area contributed by atoms with Gasteiger partial charge in [0.1, 0.15) is 5.69 Å². The molecule has 0 spiro atoms. The number of ether oxygens (including phenoxy) is 1. The first-order chi connectivity index (χ1) is 12.0. The number of sulfonamides is 1. The Labute approximate surface area is 152 Å². The first-order valence-corrected chi connectivity index (χ1v) is 9.60. The fourth-order valence-electron chi connectivity index (χ4n) is 2.59. The summed E-state index contributed by atoms with van der Waals surface area (Å²) in [6.45, 7) is 5.08. The minimum absolute atomic E-state index is 0.237. The van der Waals surface area contributed by atoms with Crippen molar-refractivity contribution in [3.05, 3.63) is 46.3 Å². The van der Waals surface area contributed by atoms with Crippen LogP contribution >= 0.6 is 0 Å². The number of nitrogens with one attached hydrogen (secondary N) is 3. The van der Waals surface area contributed by atoms with Gasteiger partial charge in [-0.05, 0) is 44.0 Å². The van der Waals surface area contributed by atoms with E-state index in [-0.39, 0.29) is 5.69 Å². The van der Waals surface area contributed by atoms with Crippen LogP contribution in [0.4, 0.5) is 11.4 Å². The van der Waals surface area contributed by atoms with E-state index in [2.05, 4.69) is 15.0 Å². The molecule has 0 fully saturated rings. The van der Waals surface area contributed by atoms with Crippen LogP contribution in [0.25, 0.3) is 0 Å². The van der Waals surface area contributed by atoms with Gasteiger partial charge in [-0.15, -0.1) is 0 Å². The van der Waals surface area contributed by atoms with Gasteiger partial charge >= 0.3 is 5.97 Å². The molecular formula is C17H21N3O5S. The summed E-state index contributed by atoms with van der Waals surface area (Å²) in [5.41, 5.74) is 3.07. The summed E-state index contributed by atoms with van der Waals surface area (Å²) >= 11 is 0. The highest BCUT2D eigenvalue weighted by atomic mass is 32.2. The lowest BCUT2D eigenvalue weighted by Crippen LogP contribution is -2.15. The van der Waals surface area contributed by atoms with Crippen molar-refractivity contribution in [1.29, 1.82) is 0 Å². The Morgan fingerprint density at radius 3 is 2.38 bits per heavy atom. The van der Waals surface area contributed by atoms with Gasteiger partial charge in [0.15, 0.2) is 0 Å². The molecule has 0 atom stereocenters. The first kappa shape index (κ1) is 19.5. The number of anilines is 2. The van der Waals surface area contributed by atoms with Crippen LogP contribution in [0.1, 0.15) is 37.7 Å². The van der Waals surface area contributed by atoms with Gasteiger partial charge in [0.05, 0.1) is 24.6 Å². The number of methoxy groups -OCH3 is 1. The number of rotatable bonds is 5. The van der Waals surface area contributed by atoms with Gasteiger partial charge in [-0.1, -0.05) is 6.07 Å². The van der Waals surface area contributed by atoms with Crippen molar-refractivity contribution in [2.24, 2.45) is 0 Å². The Bertz CT molecular complexity index is 977. The average Bonchev–Trinajstić information content (AvgIpc) is 2.83. The molecule has 0 aliphatic carbocycles. The number of esters is 1. The van der Waals surface area contributed by atoms with Crippen LogP contribution < -0.4 is 10.0 Å². The van der Waals surface area contributed by atoms with Crippen molar-refractivity contribution >= 4 is 33.3 Å². The average molecular weight is 379 g/mol. The molecule has 9 heteroatoms. The number of hydrogen-bond donors (Lipinski definition) is 3. The fraction of sp³-hybridized carbons (Fsp3) is 0.294. The van der Waals surface area contributed by atoms with Crippen molar-refractivity contribution in [3.8, 4) is 0 Å². The second kappa shape index (κ2) is 7.20. The molecule has 1 amide bonds. The number of aromatic nitrogens is 1. The van der Waals surface area contributed by atoms with E-state index in [1.54, 1.807) is 32.9 Å². The van der Waals surface area contributed by atoms with E-state index in [4.69, 9.17) is 4.74 Å². The molecule has 1 heterocycles. The molecule has 26 heavy (non-hydrogen) atoms. The molecule has 3 N–H and O–H groups in total. The molecular weight excluding hydrogens is 358 g/mol. The van der Waals surface area contributed by atoms with Crippen LogP contribution in [-0.4, -0.2) is 38.6 Å². The van der Waals surface area contributed by atoms with E-state index in [1.807, 2.05) is 0 Å². The molecule has 2 aromatic rings. The number of benzene rings is 1. The van der Waals surface area contributed by atoms with Gasteiger partial charge in [-0.3, -0.25) is 9.52 Å². The highest BCUT2D eigenvalue weighted by Crippen LogP contribution is 2.23. The number of H-pyrrole nitrogens is 1. The molecule has 0 saturated carbocycles. The summed E-state index contributed by atoms with van der Waals surface area (Å²) in [4.78, 5) is 27.3. The largest absolute Gasteiger partial charge is 0.465 e. The number of hydrogen-bond acceptors (Lipinski definition) is 5. The molecule has 8 nitrogen and oxygen atoms in total. The molecule has 0 radical (unpaired) electrons. The minimum Gasteiger partial charge on any atom is -0.465 e.